The van der Waals surface area contributed by atoms with Crippen molar-refractivity contribution in [2.24, 2.45) is 7.05 Å². The SMILES string of the molecule is CC(=O)Nc1nccc(Oc2ccc(NC(=O)c3c(C)n(C)n(-c4ccccc4)c3=O)cc2)c1Cl. The third kappa shape index (κ3) is 4.95. The number of ether oxygens (including phenoxy) is 1. The van der Waals surface area contributed by atoms with Crippen LogP contribution in [0.3, 0.4) is 0 Å². The highest BCUT2D eigenvalue weighted by Crippen LogP contribution is 2.33. The fourth-order valence-corrected chi connectivity index (χ4v) is 3.71. The Kier molecular flexibility index (Phi) is 6.70. The Bertz CT molecular complexity index is 1460. The van der Waals surface area contributed by atoms with E-state index >= 15 is 0 Å². The van der Waals surface area contributed by atoms with E-state index in [-0.39, 0.29) is 22.3 Å². The van der Waals surface area contributed by atoms with Gasteiger partial charge in [0.1, 0.15) is 16.3 Å². The summed E-state index contributed by atoms with van der Waals surface area (Å²) in [6, 6.07) is 17.3. The molecule has 2 amide bonds. The number of carbonyl (C=O) groups excluding carboxylic acids is 2. The minimum absolute atomic E-state index is 0.0609. The summed E-state index contributed by atoms with van der Waals surface area (Å²) < 4.78 is 8.89. The van der Waals surface area contributed by atoms with Gasteiger partial charge in [-0.1, -0.05) is 29.8 Å². The Balaban J connectivity index is 1.52. The van der Waals surface area contributed by atoms with Crippen LogP contribution in [-0.2, 0) is 11.8 Å². The number of carbonyl (C=O) groups is 2. The first kappa shape index (κ1) is 23.8. The number of halogens is 1. The second kappa shape index (κ2) is 9.86. The molecule has 0 aliphatic rings. The standard InChI is InChI=1S/C25H22ClN5O4/c1-15-21(25(34)31(30(15)3)18-7-5-4-6-8-18)24(33)29-17-9-11-19(12-10-17)35-20-13-14-27-23(22(20)26)28-16(2)32/h4-14H,1-3H3,(H,29,33)(H,27,28,32). The molecule has 2 aromatic heterocycles. The first-order valence-corrected chi connectivity index (χ1v) is 11.0. The molecule has 4 rings (SSSR count). The van der Waals surface area contributed by atoms with E-state index in [2.05, 4.69) is 15.6 Å². The van der Waals surface area contributed by atoms with Gasteiger partial charge < -0.3 is 15.4 Å². The van der Waals surface area contributed by atoms with E-state index in [1.54, 1.807) is 61.1 Å². The normalized spacial score (nSPS) is 10.6. The van der Waals surface area contributed by atoms with Crippen molar-refractivity contribution < 1.29 is 14.3 Å². The Morgan fingerprint density at radius 3 is 2.34 bits per heavy atom. The van der Waals surface area contributed by atoms with Crippen LogP contribution in [-0.4, -0.2) is 26.2 Å². The number of aromatic nitrogens is 3. The van der Waals surface area contributed by atoms with Crippen LogP contribution in [0.2, 0.25) is 5.02 Å². The summed E-state index contributed by atoms with van der Waals surface area (Å²) in [7, 11) is 1.73. The van der Waals surface area contributed by atoms with Crippen molar-refractivity contribution in [3.8, 4) is 17.2 Å². The van der Waals surface area contributed by atoms with Gasteiger partial charge in [0.15, 0.2) is 11.6 Å². The topological polar surface area (TPSA) is 107 Å². The van der Waals surface area contributed by atoms with Gasteiger partial charge in [0.2, 0.25) is 5.91 Å². The number of hydrogen-bond acceptors (Lipinski definition) is 5. The lowest BCUT2D eigenvalue weighted by Crippen LogP contribution is -2.25. The number of pyridine rings is 1. The summed E-state index contributed by atoms with van der Waals surface area (Å²) in [5.41, 5.74) is 1.34. The average Bonchev–Trinajstić information content (AvgIpc) is 3.06. The van der Waals surface area contributed by atoms with Crippen molar-refractivity contribution in [2.75, 3.05) is 10.6 Å². The summed E-state index contributed by atoms with van der Waals surface area (Å²) in [5.74, 6) is 0.139. The molecule has 0 unspecified atom stereocenters. The smallest absolute Gasteiger partial charge is 0.284 e. The number of para-hydroxylation sites is 1. The van der Waals surface area contributed by atoms with E-state index < -0.39 is 11.5 Å². The van der Waals surface area contributed by atoms with Gasteiger partial charge in [-0.05, 0) is 43.3 Å². The summed E-state index contributed by atoms with van der Waals surface area (Å²) in [4.78, 5) is 41.3. The number of nitrogens with zero attached hydrogens (tertiary/aromatic N) is 3. The number of amides is 2. The largest absolute Gasteiger partial charge is 0.456 e. The van der Waals surface area contributed by atoms with E-state index in [0.29, 0.717) is 28.6 Å². The van der Waals surface area contributed by atoms with Crippen LogP contribution >= 0.6 is 11.6 Å². The fourth-order valence-electron chi connectivity index (χ4n) is 3.52. The summed E-state index contributed by atoms with van der Waals surface area (Å²) >= 11 is 6.27. The van der Waals surface area contributed by atoms with Gasteiger partial charge in [-0.15, -0.1) is 0 Å². The van der Waals surface area contributed by atoms with Crippen molar-refractivity contribution in [1.29, 1.82) is 0 Å². The van der Waals surface area contributed by atoms with Gasteiger partial charge >= 0.3 is 0 Å². The molecule has 0 spiro atoms. The molecule has 0 aliphatic heterocycles. The Labute approximate surface area is 205 Å². The van der Waals surface area contributed by atoms with Crippen LogP contribution in [0.5, 0.6) is 11.5 Å². The number of nitrogens with one attached hydrogen (secondary N) is 2. The second-order valence-corrected chi connectivity index (χ2v) is 8.05. The lowest BCUT2D eigenvalue weighted by Gasteiger charge is -2.11. The minimum atomic E-state index is -0.511. The van der Waals surface area contributed by atoms with Crippen molar-refractivity contribution in [2.45, 2.75) is 13.8 Å². The monoisotopic (exact) mass is 491 g/mol. The molecule has 2 aromatic carbocycles. The molecular formula is C25H22ClN5O4. The number of benzene rings is 2. The van der Waals surface area contributed by atoms with Gasteiger partial charge in [0.25, 0.3) is 11.5 Å². The molecule has 178 valence electrons. The molecule has 0 bridgehead atoms. The van der Waals surface area contributed by atoms with E-state index in [4.69, 9.17) is 16.3 Å². The number of rotatable bonds is 6. The fraction of sp³-hybridized carbons (Fsp3) is 0.120. The Morgan fingerprint density at radius 1 is 1.00 bits per heavy atom. The zero-order chi connectivity index (χ0) is 25.1. The van der Waals surface area contributed by atoms with Crippen molar-refractivity contribution in [1.82, 2.24) is 14.3 Å². The van der Waals surface area contributed by atoms with E-state index in [9.17, 15) is 14.4 Å². The molecule has 0 radical (unpaired) electrons. The summed E-state index contributed by atoms with van der Waals surface area (Å²) in [6.07, 6.45) is 1.46. The van der Waals surface area contributed by atoms with E-state index in [0.717, 1.165) is 0 Å². The molecule has 0 atom stereocenters. The van der Waals surface area contributed by atoms with Crippen LogP contribution in [0.25, 0.3) is 5.69 Å². The van der Waals surface area contributed by atoms with Gasteiger partial charge in [-0.3, -0.25) is 19.1 Å². The van der Waals surface area contributed by atoms with Crippen molar-refractivity contribution in [3.63, 3.8) is 0 Å². The van der Waals surface area contributed by atoms with Gasteiger partial charge in [-0.2, -0.15) is 0 Å². The minimum Gasteiger partial charge on any atom is -0.456 e. The molecule has 2 N–H and O–H groups in total. The Hall–Kier alpha value is -4.37. The molecule has 0 fully saturated rings. The lowest BCUT2D eigenvalue weighted by atomic mass is 10.2. The first-order chi connectivity index (χ1) is 16.8. The molecule has 0 saturated heterocycles. The van der Waals surface area contributed by atoms with Crippen LogP contribution < -0.4 is 20.9 Å². The van der Waals surface area contributed by atoms with Gasteiger partial charge in [-0.25, -0.2) is 9.67 Å². The highest BCUT2D eigenvalue weighted by molar-refractivity contribution is 6.34. The van der Waals surface area contributed by atoms with E-state index in [1.165, 1.54) is 17.8 Å². The maximum absolute atomic E-state index is 13.0. The molecule has 0 saturated carbocycles. The maximum Gasteiger partial charge on any atom is 0.284 e. The Morgan fingerprint density at radius 2 is 1.69 bits per heavy atom. The molecule has 4 aromatic rings. The molecule has 2 heterocycles. The first-order valence-electron chi connectivity index (χ1n) is 10.6. The molecular weight excluding hydrogens is 470 g/mol. The third-order valence-electron chi connectivity index (χ3n) is 5.27. The van der Waals surface area contributed by atoms with Crippen LogP contribution in [0, 0.1) is 6.92 Å². The maximum atomic E-state index is 13.0. The molecule has 10 heteroatoms. The summed E-state index contributed by atoms with van der Waals surface area (Å²) in [5, 5.41) is 5.45. The predicted molar refractivity (Wildman–Crippen MR) is 134 cm³/mol. The van der Waals surface area contributed by atoms with Crippen LogP contribution in [0.1, 0.15) is 23.0 Å². The number of hydrogen-bond donors (Lipinski definition) is 2. The van der Waals surface area contributed by atoms with Gasteiger partial charge in [0, 0.05) is 31.9 Å². The quantitative estimate of drug-likeness (QED) is 0.412. The predicted octanol–water partition coefficient (Wildman–Crippen LogP) is 4.54. The van der Waals surface area contributed by atoms with Crippen molar-refractivity contribution >= 4 is 34.9 Å². The lowest BCUT2D eigenvalue weighted by molar-refractivity contribution is -0.114. The van der Waals surface area contributed by atoms with E-state index in [1.807, 2.05) is 18.2 Å². The van der Waals surface area contributed by atoms with Crippen molar-refractivity contribution in [3.05, 3.63) is 93.5 Å². The highest BCUT2D eigenvalue weighted by atomic mass is 35.5. The van der Waals surface area contributed by atoms with Crippen LogP contribution in [0.4, 0.5) is 11.5 Å². The molecule has 35 heavy (non-hydrogen) atoms. The third-order valence-corrected chi connectivity index (χ3v) is 5.63. The average molecular weight is 492 g/mol. The second-order valence-electron chi connectivity index (χ2n) is 7.67. The zero-order valence-electron chi connectivity index (χ0n) is 19.2. The number of anilines is 2. The summed E-state index contributed by atoms with van der Waals surface area (Å²) in [6.45, 7) is 3.08. The molecule has 0 aliphatic carbocycles. The zero-order valence-corrected chi connectivity index (χ0v) is 20.0. The highest BCUT2D eigenvalue weighted by Gasteiger charge is 2.22. The van der Waals surface area contributed by atoms with Gasteiger partial charge in [0.05, 0.1) is 11.4 Å². The van der Waals surface area contributed by atoms with Crippen LogP contribution in [0.15, 0.2) is 71.7 Å². The molecule has 9 nitrogen and oxygen atoms in total.